The van der Waals surface area contributed by atoms with E-state index >= 15 is 0 Å². The highest BCUT2D eigenvalue weighted by molar-refractivity contribution is 6.19. The second-order valence-electron chi connectivity index (χ2n) is 4.26. The molecule has 0 saturated carbocycles. The number of aliphatic hydroxyl groups is 1. The van der Waals surface area contributed by atoms with Crippen molar-refractivity contribution in [3.05, 3.63) is 42.2 Å². The van der Waals surface area contributed by atoms with Crippen LogP contribution in [0.25, 0.3) is 5.57 Å². The largest absolute Gasteiger partial charge is 0.515 e. The van der Waals surface area contributed by atoms with Crippen LogP contribution in [-0.4, -0.2) is 29.0 Å². The van der Waals surface area contributed by atoms with Crippen LogP contribution in [0.15, 0.2) is 36.6 Å². The van der Waals surface area contributed by atoms with E-state index in [-0.39, 0.29) is 5.91 Å². The van der Waals surface area contributed by atoms with Crippen molar-refractivity contribution in [3.63, 3.8) is 0 Å². The average molecular weight is 231 g/mol. The molecule has 1 heterocycles. The zero-order valence-corrected chi connectivity index (χ0v) is 9.80. The van der Waals surface area contributed by atoms with Crippen LogP contribution in [0.4, 0.5) is 0 Å². The minimum Gasteiger partial charge on any atom is -0.515 e. The van der Waals surface area contributed by atoms with Gasteiger partial charge >= 0.3 is 0 Å². The van der Waals surface area contributed by atoms with E-state index in [1.54, 1.807) is 0 Å². The summed E-state index contributed by atoms with van der Waals surface area (Å²) >= 11 is 0. The number of carbonyl (C=O) groups excluding carboxylic acids is 1. The molecule has 0 aliphatic carbocycles. The summed E-state index contributed by atoms with van der Waals surface area (Å²) in [5.74, 6) is -0.0709. The highest BCUT2D eigenvalue weighted by Crippen LogP contribution is 2.19. The Bertz CT molecular complexity index is 405. The van der Waals surface area contributed by atoms with Crippen LogP contribution in [0.5, 0.6) is 0 Å². The molecule has 90 valence electrons. The third-order valence-corrected chi connectivity index (χ3v) is 3.09. The first-order valence-corrected chi connectivity index (χ1v) is 6.02. The molecular weight excluding hydrogens is 214 g/mol. The fourth-order valence-corrected chi connectivity index (χ4v) is 2.14. The van der Waals surface area contributed by atoms with Crippen LogP contribution >= 0.6 is 0 Å². The van der Waals surface area contributed by atoms with Crippen LogP contribution in [0.3, 0.4) is 0 Å². The van der Waals surface area contributed by atoms with Crippen LogP contribution in [-0.2, 0) is 4.79 Å². The van der Waals surface area contributed by atoms with E-state index in [9.17, 15) is 9.90 Å². The van der Waals surface area contributed by atoms with Gasteiger partial charge in [-0.15, -0.1) is 0 Å². The van der Waals surface area contributed by atoms with Crippen LogP contribution in [0, 0.1) is 0 Å². The van der Waals surface area contributed by atoms with Crippen molar-refractivity contribution < 1.29 is 9.90 Å². The van der Waals surface area contributed by atoms with E-state index in [0.717, 1.165) is 37.8 Å². The van der Waals surface area contributed by atoms with Gasteiger partial charge in [0.1, 0.15) is 0 Å². The molecule has 1 aromatic carbocycles. The first-order valence-electron chi connectivity index (χ1n) is 6.02. The van der Waals surface area contributed by atoms with Crippen molar-refractivity contribution in [2.45, 2.75) is 19.3 Å². The second kappa shape index (κ2) is 5.53. The van der Waals surface area contributed by atoms with Crippen molar-refractivity contribution in [3.8, 4) is 0 Å². The van der Waals surface area contributed by atoms with Gasteiger partial charge in [-0.2, -0.15) is 0 Å². The Morgan fingerprint density at radius 1 is 1.12 bits per heavy atom. The fourth-order valence-electron chi connectivity index (χ4n) is 2.14. The van der Waals surface area contributed by atoms with E-state index < -0.39 is 0 Å². The molecule has 17 heavy (non-hydrogen) atoms. The molecule has 1 amide bonds. The Morgan fingerprint density at radius 2 is 1.76 bits per heavy atom. The molecule has 1 aliphatic rings. The topological polar surface area (TPSA) is 40.5 Å². The molecule has 0 atom stereocenters. The molecule has 1 saturated heterocycles. The summed E-state index contributed by atoms with van der Waals surface area (Å²) in [6, 6.07) is 9.29. The Labute approximate surface area is 101 Å². The Balaban J connectivity index is 2.16. The molecule has 0 bridgehead atoms. The highest BCUT2D eigenvalue weighted by Gasteiger charge is 2.21. The SMILES string of the molecule is O=C(C(=CO)c1ccccc1)N1CCCCC1. The molecule has 0 unspecified atom stereocenters. The number of hydrogen-bond acceptors (Lipinski definition) is 2. The number of carbonyl (C=O) groups is 1. The third kappa shape index (κ3) is 2.67. The molecule has 0 spiro atoms. The van der Waals surface area contributed by atoms with Gasteiger partial charge in [0.2, 0.25) is 0 Å². The van der Waals surface area contributed by atoms with Gasteiger partial charge in [0.05, 0.1) is 11.8 Å². The van der Waals surface area contributed by atoms with Gasteiger partial charge in [-0.25, -0.2) is 0 Å². The van der Waals surface area contributed by atoms with Gasteiger partial charge in [0, 0.05) is 13.1 Å². The lowest BCUT2D eigenvalue weighted by Gasteiger charge is -2.27. The van der Waals surface area contributed by atoms with Crippen molar-refractivity contribution >= 4 is 11.5 Å². The van der Waals surface area contributed by atoms with Crippen molar-refractivity contribution in [1.82, 2.24) is 4.90 Å². The lowest BCUT2D eigenvalue weighted by atomic mass is 10.0. The van der Waals surface area contributed by atoms with Crippen molar-refractivity contribution in [2.24, 2.45) is 0 Å². The maximum absolute atomic E-state index is 12.2. The number of amides is 1. The van der Waals surface area contributed by atoms with Crippen molar-refractivity contribution in [2.75, 3.05) is 13.1 Å². The predicted octanol–water partition coefficient (Wildman–Crippen LogP) is 2.60. The average Bonchev–Trinajstić information content (AvgIpc) is 2.42. The molecule has 0 radical (unpaired) electrons. The summed E-state index contributed by atoms with van der Waals surface area (Å²) in [5, 5.41) is 9.27. The molecule has 1 fully saturated rings. The maximum Gasteiger partial charge on any atom is 0.257 e. The zero-order chi connectivity index (χ0) is 12.1. The Morgan fingerprint density at radius 3 is 2.35 bits per heavy atom. The van der Waals surface area contributed by atoms with E-state index in [0.29, 0.717) is 5.57 Å². The summed E-state index contributed by atoms with van der Waals surface area (Å²) in [5.41, 5.74) is 1.15. The first kappa shape index (κ1) is 11.7. The fraction of sp³-hybridized carbons (Fsp3) is 0.357. The maximum atomic E-state index is 12.2. The summed E-state index contributed by atoms with van der Waals surface area (Å²) in [6.07, 6.45) is 4.22. The molecular formula is C14H17NO2. The van der Waals surface area contributed by atoms with Gasteiger partial charge < -0.3 is 10.0 Å². The number of hydrogen-bond donors (Lipinski definition) is 1. The van der Waals surface area contributed by atoms with E-state index in [4.69, 9.17) is 0 Å². The lowest BCUT2D eigenvalue weighted by molar-refractivity contribution is -0.125. The number of rotatable bonds is 2. The minimum absolute atomic E-state index is 0.0709. The predicted molar refractivity (Wildman–Crippen MR) is 67.5 cm³/mol. The van der Waals surface area contributed by atoms with E-state index in [1.165, 1.54) is 6.42 Å². The summed E-state index contributed by atoms with van der Waals surface area (Å²) < 4.78 is 0. The monoisotopic (exact) mass is 231 g/mol. The molecule has 0 aromatic heterocycles. The normalized spacial score (nSPS) is 16.9. The zero-order valence-electron chi connectivity index (χ0n) is 9.80. The number of aliphatic hydroxyl groups excluding tert-OH is 1. The molecule has 1 aliphatic heterocycles. The van der Waals surface area contributed by atoms with Gasteiger partial charge in [-0.05, 0) is 24.8 Å². The number of benzene rings is 1. The number of likely N-dealkylation sites (tertiary alicyclic amines) is 1. The molecule has 3 nitrogen and oxygen atoms in total. The number of piperidine rings is 1. The first-order chi connectivity index (χ1) is 8.33. The standard InChI is InChI=1S/C14H17NO2/c16-11-13(12-7-3-1-4-8-12)14(17)15-9-5-2-6-10-15/h1,3-4,7-8,11,16H,2,5-6,9-10H2. The molecule has 3 heteroatoms. The lowest BCUT2D eigenvalue weighted by Crippen LogP contribution is -2.36. The highest BCUT2D eigenvalue weighted by atomic mass is 16.2. The van der Waals surface area contributed by atoms with Crippen molar-refractivity contribution in [1.29, 1.82) is 0 Å². The van der Waals surface area contributed by atoms with Crippen LogP contribution < -0.4 is 0 Å². The van der Waals surface area contributed by atoms with Crippen LogP contribution in [0.2, 0.25) is 0 Å². The molecule has 2 rings (SSSR count). The van der Waals surface area contributed by atoms with Crippen LogP contribution in [0.1, 0.15) is 24.8 Å². The van der Waals surface area contributed by atoms with E-state index in [2.05, 4.69) is 0 Å². The summed E-state index contributed by atoms with van der Waals surface area (Å²) in [4.78, 5) is 14.0. The van der Waals surface area contributed by atoms with Gasteiger partial charge in [-0.3, -0.25) is 4.79 Å². The smallest absolute Gasteiger partial charge is 0.257 e. The second-order valence-corrected chi connectivity index (χ2v) is 4.26. The molecule has 1 N–H and O–H groups in total. The van der Waals surface area contributed by atoms with E-state index in [1.807, 2.05) is 35.2 Å². The molecule has 1 aromatic rings. The summed E-state index contributed by atoms with van der Waals surface area (Å²) in [7, 11) is 0. The van der Waals surface area contributed by atoms with Gasteiger partial charge in [0.15, 0.2) is 0 Å². The third-order valence-electron chi connectivity index (χ3n) is 3.09. The van der Waals surface area contributed by atoms with Gasteiger partial charge in [0.25, 0.3) is 5.91 Å². The Hall–Kier alpha value is -1.77. The summed E-state index contributed by atoms with van der Waals surface area (Å²) in [6.45, 7) is 1.59. The van der Waals surface area contributed by atoms with Gasteiger partial charge in [-0.1, -0.05) is 30.3 Å². The Kier molecular flexibility index (Phi) is 3.81. The number of nitrogens with zero attached hydrogens (tertiary/aromatic N) is 1. The minimum atomic E-state index is -0.0709. The quantitative estimate of drug-likeness (QED) is 0.628.